The van der Waals surface area contributed by atoms with Gasteiger partial charge in [0.25, 0.3) is 5.91 Å². The number of benzene rings is 2. The third kappa shape index (κ3) is 4.22. The molecular weight excluding hydrogens is 386 g/mol. The van der Waals surface area contributed by atoms with Crippen molar-refractivity contribution in [1.29, 1.82) is 0 Å². The van der Waals surface area contributed by atoms with Crippen LogP contribution in [0, 0.1) is 0 Å². The zero-order valence-electron chi connectivity index (χ0n) is 16.7. The van der Waals surface area contributed by atoms with Crippen LogP contribution < -0.4 is 10.2 Å². The summed E-state index contributed by atoms with van der Waals surface area (Å²) in [6, 6.07) is 14.7. The predicted molar refractivity (Wildman–Crippen MR) is 112 cm³/mol. The number of fused-ring (bicyclic) bond motifs is 1. The summed E-state index contributed by atoms with van der Waals surface area (Å²) in [6.07, 6.45) is 3.11. The lowest BCUT2D eigenvalue weighted by Gasteiger charge is -2.34. The Hall–Kier alpha value is -2.22. The highest BCUT2D eigenvalue weighted by molar-refractivity contribution is 7.89. The molecule has 6 nitrogen and oxygen atoms in total. The molecule has 1 amide bonds. The van der Waals surface area contributed by atoms with E-state index in [-0.39, 0.29) is 11.9 Å². The van der Waals surface area contributed by atoms with Gasteiger partial charge in [0.05, 0.1) is 31.1 Å². The number of nitrogens with zero attached hydrogens (tertiary/aromatic N) is 1. The van der Waals surface area contributed by atoms with Crippen LogP contribution in [0.25, 0.3) is 0 Å². The molecule has 1 saturated heterocycles. The summed E-state index contributed by atoms with van der Waals surface area (Å²) >= 11 is 0. The van der Waals surface area contributed by atoms with Crippen molar-refractivity contribution < 1.29 is 18.1 Å². The number of amides is 1. The number of quaternary nitrogens is 1. The van der Waals surface area contributed by atoms with E-state index in [9.17, 15) is 13.2 Å². The van der Waals surface area contributed by atoms with E-state index in [2.05, 4.69) is 5.32 Å². The van der Waals surface area contributed by atoms with Crippen LogP contribution in [0.3, 0.4) is 0 Å². The molecule has 2 N–H and O–H groups in total. The molecule has 1 aliphatic carbocycles. The van der Waals surface area contributed by atoms with Crippen LogP contribution >= 0.6 is 0 Å². The maximum atomic E-state index is 13.1. The van der Waals surface area contributed by atoms with Gasteiger partial charge in [0, 0.05) is 5.69 Å². The Balaban J connectivity index is 1.38. The number of sulfonamides is 1. The average Bonchev–Trinajstić information content (AvgIpc) is 3.22. The maximum Gasteiger partial charge on any atom is 0.282 e. The van der Waals surface area contributed by atoms with E-state index in [1.54, 1.807) is 10.4 Å². The van der Waals surface area contributed by atoms with E-state index in [1.807, 2.05) is 49.4 Å². The highest BCUT2D eigenvalue weighted by Crippen LogP contribution is 2.26. The lowest BCUT2D eigenvalue weighted by Crippen LogP contribution is -3.19. The summed E-state index contributed by atoms with van der Waals surface area (Å²) in [5, 5.41) is 2.94. The number of carbonyl (C=O) groups excluding carboxylic acids is 1. The van der Waals surface area contributed by atoms with Crippen molar-refractivity contribution in [3.8, 4) is 0 Å². The van der Waals surface area contributed by atoms with Crippen LogP contribution in [-0.4, -0.2) is 50.9 Å². The molecule has 0 saturated carbocycles. The van der Waals surface area contributed by atoms with Crippen molar-refractivity contribution in [2.75, 3.05) is 31.5 Å². The number of nitrogens with one attached hydrogen (secondary N) is 2. The van der Waals surface area contributed by atoms with Gasteiger partial charge in [-0.1, -0.05) is 24.3 Å². The van der Waals surface area contributed by atoms with E-state index < -0.39 is 10.0 Å². The summed E-state index contributed by atoms with van der Waals surface area (Å²) in [7, 11) is -3.48. The Morgan fingerprint density at radius 2 is 1.72 bits per heavy atom. The molecular formula is C22H28N3O3S+. The Labute approximate surface area is 172 Å². The normalized spacial score (nSPS) is 18.9. The molecule has 0 unspecified atom stereocenters. The van der Waals surface area contributed by atoms with Gasteiger partial charge in [0.15, 0.2) is 6.04 Å². The van der Waals surface area contributed by atoms with Crippen LogP contribution in [0.5, 0.6) is 0 Å². The van der Waals surface area contributed by atoms with Gasteiger partial charge in [-0.25, -0.2) is 8.42 Å². The predicted octanol–water partition coefficient (Wildman–Crippen LogP) is 1.09. The molecule has 7 heteroatoms. The average molecular weight is 415 g/mol. The van der Waals surface area contributed by atoms with Gasteiger partial charge in [0.2, 0.25) is 10.0 Å². The quantitative estimate of drug-likeness (QED) is 0.770. The summed E-state index contributed by atoms with van der Waals surface area (Å²) in [5.41, 5.74) is 3.22. The lowest BCUT2D eigenvalue weighted by molar-refractivity contribution is -0.917. The third-order valence-corrected chi connectivity index (χ3v) is 8.01. The summed E-state index contributed by atoms with van der Waals surface area (Å²) in [5.74, 6) is -0.0406. The fourth-order valence-electron chi connectivity index (χ4n) is 4.26. The molecule has 154 valence electrons. The van der Waals surface area contributed by atoms with Gasteiger partial charge in [-0.15, -0.1) is 0 Å². The number of hydrogen-bond acceptors (Lipinski definition) is 3. The standard InChI is InChI=1S/C22H27N3O3S/c1-17(22(26)23-20-8-3-2-4-9-20)24-12-14-25(15-13-24)29(27,28)21-11-10-18-6-5-7-19(18)16-21/h2-4,8-11,16-17H,5-7,12-15H2,1H3,(H,23,26)/p+1/t17-/m0/s1. The van der Waals surface area contributed by atoms with Gasteiger partial charge in [-0.3, -0.25) is 4.79 Å². The van der Waals surface area contributed by atoms with Crippen LogP contribution in [0.4, 0.5) is 5.69 Å². The monoisotopic (exact) mass is 414 g/mol. The van der Waals surface area contributed by atoms with Crippen molar-refractivity contribution in [2.24, 2.45) is 0 Å². The molecule has 0 bridgehead atoms. The summed E-state index contributed by atoms with van der Waals surface area (Å²) in [4.78, 5) is 14.1. The molecule has 0 radical (unpaired) electrons. The first-order chi connectivity index (χ1) is 13.9. The zero-order valence-corrected chi connectivity index (χ0v) is 17.5. The van der Waals surface area contributed by atoms with Crippen molar-refractivity contribution in [2.45, 2.75) is 37.1 Å². The molecule has 1 atom stereocenters. The van der Waals surface area contributed by atoms with Crippen LogP contribution in [-0.2, 0) is 27.7 Å². The minimum Gasteiger partial charge on any atom is -0.323 e. The fourth-order valence-corrected chi connectivity index (χ4v) is 5.75. The first kappa shape index (κ1) is 20.1. The van der Waals surface area contributed by atoms with Crippen molar-refractivity contribution in [1.82, 2.24) is 4.31 Å². The summed E-state index contributed by atoms with van der Waals surface area (Å²) < 4.78 is 27.7. The first-order valence-corrected chi connectivity index (χ1v) is 11.7. The Morgan fingerprint density at radius 1 is 1.03 bits per heavy atom. The SMILES string of the molecule is C[C@@H](C(=O)Nc1ccccc1)[NH+]1CCN(S(=O)(=O)c2ccc3c(c2)CCC3)CC1. The number of carbonyl (C=O) groups is 1. The third-order valence-electron chi connectivity index (χ3n) is 6.12. The van der Waals surface area contributed by atoms with Crippen molar-refractivity contribution >= 4 is 21.6 Å². The molecule has 4 rings (SSSR count). The Morgan fingerprint density at radius 3 is 2.45 bits per heavy atom. The van der Waals surface area contributed by atoms with E-state index in [1.165, 1.54) is 11.1 Å². The topological polar surface area (TPSA) is 70.9 Å². The molecule has 2 aliphatic rings. The molecule has 1 fully saturated rings. The second-order valence-electron chi connectivity index (χ2n) is 7.92. The number of anilines is 1. The van der Waals surface area contributed by atoms with E-state index in [4.69, 9.17) is 0 Å². The van der Waals surface area contributed by atoms with Crippen molar-refractivity contribution in [3.05, 3.63) is 59.7 Å². The Bertz CT molecular complexity index is 984. The van der Waals surface area contributed by atoms with Gasteiger partial charge >= 0.3 is 0 Å². The molecule has 2 aromatic rings. The van der Waals surface area contributed by atoms with Crippen LogP contribution in [0.2, 0.25) is 0 Å². The molecule has 29 heavy (non-hydrogen) atoms. The number of piperazine rings is 1. The van der Waals surface area contributed by atoms with Crippen molar-refractivity contribution in [3.63, 3.8) is 0 Å². The lowest BCUT2D eigenvalue weighted by atomic mass is 10.1. The minimum absolute atomic E-state index is 0.0406. The van der Waals surface area contributed by atoms with Crippen LogP contribution in [0.1, 0.15) is 24.5 Å². The molecule has 1 aliphatic heterocycles. The highest BCUT2D eigenvalue weighted by atomic mass is 32.2. The smallest absolute Gasteiger partial charge is 0.282 e. The fraction of sp³-hybridized carbons (Fsp3) is 0.409. The second-order valence-corrected chi connectivity index (χ2v) is 9.86. The molecule has 1 heterocycles. The minimum atomic E-state index is -3.48. The number of para-hydroxylation sites is 1. The largest absolute Gasteiger partial charge is 0.323 e. The number of rotatable bonds is 5. The molecule has 0 aromatic heterocycles. The number of hydrogen-bond donors (Lipinski definition) is 2. The van der Waals surface area contributed by atoms with Gasteiger partial charge in [0.1, 0.15) is 0 Å². The summed E-state index contributed by atoms with van der Waals surface area (Å²) in [6.45, 7) is 3.99. The van der Waals surface area contributed by atoms with Crippen LogP contribution in [0.15, 0.2) is 53.4 Å². The maximum absolute atomic E-state index is 13.1. The van der Waals surface area contributed by atoms with Gasteiger partial charge < -0.3 is 10.2 Å². The van der Waals surface area contributed by atoms with E-state index in [0.29, 0.717) is 31.1 Å². The zero-order chi connectivity index (χ0) is 20.4. The Kier molecular flexibility index (Phi) is 5.72. The molecule has 2 aromatic carbocycles. The highest BCUT2D eigenvalue weighted by Gasteiger charge is 2.34. The van der Waals surface area contributed by atoms with E-state index in [0.717, 1.165) is 29.8 Å². The second kappa shape index (κ2) is 8.26. The van der Waals surface area contributed by atoms with Gasteiger partial charge in [-0.05, 0) is 61.6 Å². The van der Waals surface area contributed by atoms with E-state index >= 15 is 0 Å². The number of aryl methyl sites for hydroxylation is 2. The first-order valence-electron chi connectivity index (χ1n) is 10.3. The van der Waals surface area contributed by atoms with Gasteiger partial charge in [-0.2, -0.15) is 4.31 Å². The molecule has 0 spiro atoms.